The van der Waals surface area contributed by atoms with Gasteiger partial charge in [-0.25, -0.2) is 0 Å². The first kappa shape index (κ1) is 17.2. The van der Waals surface area contributed by atoms with E-state index in [0.717, 1.165) is 43.3 Å². The molecular weight excluding hydrogens is 302 g/mol. The van der Waals surface area contributed by atoms with E-state index < -0.39 is 0 Å². The van der Waals surface area contributed by atoms with E-state index in [0.29, 0.717) is 18.3 Å². The van der Waals surface area contributed by atoms with Crippen molar-refractivity contribution >= 4 is 5.91 Å². The molecule has 5 nitrogen and oxygen atoms in total. The quantitative estimate of drug-likeness (QED) is 0.850. The number of aryl methyl sites for hydroxylation is 1. The summed E-state index contributed by atoms with van der Waals surface area (Å²) >= 11 is 0. The van der Waals surface area contributed by atoms with Crippen LogP contribution in [0.25, 0.3) is 0 Å². The number of amides is 1. The minimum Gasteiger partial charge on any atom is -0.471 e. The fourth-order valence-electron chi connectivity index (χ4n) is 3.94. The summed E-state index contributed by atoms with van der Waals surface area (Å²) in [6.45, 7) is 7.97. The van der Waals surface area contributed by atoms with Gasteiger partial charge < -0.3 is 9.64 Å². The molecule has 0 aromatic carbocycles. The van der Waals surface area contributed by atoms with Crippen LogP contribution in [0.1, 0.15) is 51.6 Å². The molecule has 2 heterocycles. The highest BCUT2D eigenvalue weighted by Crippen LogP contribution is 2.34. The molecule has 1 aromatic heterocycles. The van der Waals surface area contributed by atoms with Crippen molar-refractivity contribution in [2.24, 2.45) is 17.8 Å². The highest BCUT2D eigenvalue weighted by Gasteiger charge is 2.34. The number of rotatable bonds is 4. The van der Waals surface area contributed by atoms with E-state index >= 15 is 0 Å². The van der Waals surface area contributed by atoms with Crippen LogP contribution in [0.15, 0.2) is 12.1 Å². The van der Waals surface area contributed by atoms with Gasteiger partial charge in [0.25, 0.3) is 0 Å². The molecular formula is C19H29N3O2. The summed E-state index contributed by atoms with van der Waals surface area (Å²) in [5.74, 6) is 2.64. The Morgan fingerprint density at radius 1 is 1.17 bits per heavy atom. The Hall–Kier alpha value is -1.65. The molecule has 2 aliphatic rings. The normalized spacial score (nSPS) is 27.5. The first-order valence-electron chi connectivity index (χ1n) is 9.28. The molecule has 1 saturated carbocycles. The van der Waals surface area contributed by atoms with Gasteiger partial charge in [0.2, 0.25) is 11.8 Å². The smallest absolute Gasteiger partial charge is 0.233 e. The van der Waals surface area contributed by atoms with Crippen molar-refractivity contribution in [1.82, 2.24) is 15.1 Å². The van der Waals surface area contributed by atoms with Crippen LogP contribution in [0.3, 0.4) is 0 Å². The zero-order chi connectivity index (χ0) is 17.1. The summed E-state index contributed by atoms with van der Waals surface area (Å²) in [5.41, 5.74) is 0.877. The Bertz CT molecular complexity index is 550. The fourth-order valence-corrected chi connectivity index (χ4v) is 3.94. The lowest BCUT2D eigenvalue weighted by atomic mass is 9.76. The molecule has 0 spiro atoms. The molecule has 1 atom stereocenters. The predicted octanol–water partition coefficient (Wildman–Crippen LogP) is 3.23. The van der Waals surface area contributed by atoms with Gasteiger partial charge in [-0.1, -0.05) is 13.8 Å². The van der Waals surface area contributed by atoms with E-state index in [-0.39, 0.29) is 12.0 Å². The third-order valence-electron chi connectivity index (χ3n) is 5.58. The van der Waals surface area contributed by atoms with Gasteiger partial charge in [-0.05, 0) is 50.5 Å². The Kier molecular flexibility index (Phi) is 5.36. The largest absolute Gasteiger partial charge is 0.471 e. The number of hydrogen-bond acceptors (Lipinski definition) is 4. The Morgan fingerprint density at radius 2 is 1.92 bits per heavy atom. The number of nitrogens with zero attached hydrogens (tertiary/aromatic N) is 3. The third kappa shape index (κ3) is 4.05. The van der Waals surface area contributed by atoms with Crippen molar-refractivity contribution in [2.45, 2.75) is 59.0 Å². The van der Waals surface area contributed by atoms with Crippen LogP contribution < -0.4 is 4.74 Å². The Morgan fingerprint density at radius 3 is 2.54 bits per heavy atom. The summed E-state index contributed by atoms with van der Waals surface area (Å²) in [4.78, 5) is 14.8. The molecule has 24 heavy (non-hydrogen) atoms. The van der Waals surface area contributed by atoms with Gasteiger partial charge in [0, 0.05) is 24.9 Å². The first-order valence-corrected chi connectivity index (χ1v) is 9.28. The molecule has 0 N–H and O–H groups in total. The topological polar surface area (TPSA) is 55.3 Å². The van der Waals surface area contributed by atoms with E-state index in [4.69, 9.17) is 4.74 Å². The van der Waals surface area contributed by atoms with Crippen LogP contribution in [0.4, 0.5) is 0 Å². The highest BCUT2D eigenvalue weighted by atomic mass is 16.5. The molecule has 1 aliphatic carbocycles. The average molecular weight is 331 g/mol. The standard InChI is InChI=1S/C19H29N3O2/c1-13(2)15-5-7-16(8-6-15)19(23)22-11-10-17(12-22)24-18-9-4-14(3)20-21-18/h4,9,13,15-17H,5-8,10-12H2,1-3H3. The van der Waals surface area contributed by atoms with Crippen LogP contribution in [-0.4, -0.2) is 40.2 Å². The molecule has 132 valence electrons. The number of carbonyl (C=O) groups is 1. The van der Waals surface area contributed by atoms with Crippen LogP contribution in [-0.2, 0) is 4.79 Å². The second kappa shape index (κ2) is 7.49. The maximum atomic E-state index is 12.8. The zero-order valence-electron chi connectivity index (χ0n) is 15.1. The summed E-state index contributed by atoms with van der Waals surface area (Å²) in [5, 5.41) is 8.07. The first-order chi connectivity index (χ1) is 11.5. The zero-order valence-corrected chi connectivity index (χ0v) is 15.1. The van der Waals surface area contributed by atoms with Gasteiger partial charge in [0.05, 0.1) is 12.2 Å². The summed E-state index contributed by atoms with van der Waals surface area (Å²) in [6, 6.07) is 3.74. The lowest BCUT2D eigenvalue weighted by Crippen LogP contribution is -2.37. The predicted molar refractivity (Wildman–Crippen MR) is 92.7 cm³/mol. The van der Waals surface area contributed by atoms with Crippen molar-refractivity contribution in [3.8, 4) is 5.88 Å². The molecule has 1 amide bonds. The average Bonchev–Trinajstić information content (AvgIpc) is 3.05. The number of aromatic nitrogens is 2. The van der Waals surface area contributed by atoms with Crippen molar-refractivity contribution in [2.75, 3.05) is 13.1 Å². The van der Waals surface area contributed by atoms with Gasteiger partial charge in [-0.2, -0.15) is 5.10 Å². The molecule has 3 rings (SSSR count). The minimum atomic E-state index is 0.0398. The molecule has 5 heteroatoms. The fraction of sp³-hybridized carbons (Fsp3) is 0.737. The van der Waals surface area contributed by atoms with Crippen LogP contribution >= 0.6 is 0 Å². The summed E-state index contributed by atoms with van der Waals surface area (Å²) < 4.78 is 5.88. The Balaban J connectivity index is 1.48. The third-order valence-corrected chi connectivity index (χ3v) is 5.58. The van der Waals surface area contributed by atoms with Gasteiger partial charge in [0.1, 0.15) is 6.10 Å². The van der Waals surface area contributed by atoms with E-state index in [1.54, 1.807) is 0 Å². The number of ether oxygens (including phenoxy) is 1. The molecule has 1 aromatic rings. The van der Waals surface area contributed by atoms with Crippen molar-refractivity contribution in [1.29, 1.82) is 0 Å². The SMILES string of the molecule is Cc1ccc(OC2CCN(C(=O)C3CCC(C(C)C)CC3)C2)nn1. The lowest BCUT2D eigenvalue weighted by Gasteiger charge is -2.32. The molecule has 1 unspecified atom stereocenters. The van der Waals surface area contributed by atoms with Gasteiger partial charge in [-0.3, -0.25) is 4.79 Å². The van der Waals surface area contributed by atoms with E-state index in [1.807, 2.05) is 24.0 Å². The van der Waals surface area contributed by atoms with Crippen LogP contribution in [0.5, 0.6) is 5.88 Å². The van der Waals surface area contributed by atoms with Gasteiger partial charge in [-0.15, -0.1) is 5.10 Å². The summed E-state index contributed by atoms with van der Waals surface area (Å²) in [7, 11) is 0. The van der Waals surface area contributed by atoms with E-state index in [9.17, 15) is 4.79 Å². The maximum absolute atomic E-state index is 12.8. The monoisotopic (exact) mass is 331 g/mol. The van der Waals surface area contributed by atoms with Gasteiger partial charge in [0.15, 0.2) is 0 Å². The van der Waals surface area contributed by atoms with Crippen molar-refractivity contribution < 1.29 is 9.53 Å². The molecule has 2 fully saturated rings. The lowest BCUT2D eigenvalue weighted by molar-refractivity contribution is -0.136. The number of likely N-dealkylation sites (tertiary alicyclic amines) is 1. The van der Waals surface area contributed by atoms with E-state index in [2.05, 4.69) is 24.0 Å². The molecule has 0 radical (unpaired) electrons. The highest BCUT2D eigenvalue weighted by molar-refractivity contribution is 5.79. The van der Waals surface area contributed by atoms with Crippen molar-refractivity contribution in [3.05, 3.63) is 17.8 Å². The second-order valence-electron chi connectivity index (χ2n) is 7.68. The minimum absolute atomic E-state index is 0.0398. The number of hydrogen-bond donors (Lipinski definition) is 0. The maximum Gasteiger partial charge on any atom is 0.233 e. The Labute approximate surface area is 144 Å². The number of carbonyl (C=O) groups excluding carboxylic acids is 1. The molecule has 0 bridgehead atoms. The molecule has 1 aliphatic heterocycles. The summed E-state index contributed by atoms with van der Waals surface area (Å²) in [6.07, 6.45) is 5.41. The molecule has 1 saturated heterocycles. The van der Waals surface area contributed by atoms with Crippen LogP contribution in [0, 0.1) is 24.7 Å². The second-order valence-corrected chi connectivity index (χ2v) is 7.68. The van der Waals surface area contributed by atoms with E-state index in [1.165, 1.54) is 12.8 Å². The van der Waals surface area contributed by atoms with Gasteiger partial charge >= 0.3 is 0 Å². The van der Waals surface area contributed by atoms with Crippen LogP contribution in [0.2, 0.25) is 0 Å². The van der Waals surface area contributed by atoms with Crippen molar-refractivity contribution in [3.63, 3.8) is 0 Å².